The Morgan fingerprint density at radius 2 is 2.00 bits per heavy atom. The van der Waals surface area contributed by atoms with E-state index in [2.05, 4.69) is 61.4 Å². The Morgan fingerprint density at radius 3 is 2.59 bits per heavy atom. The normalized spacial score (nSPS) is 17.8. The maximum Gasteiger partial charge on any atom is 0.0528 e. The van der Waals surface area contributed by atoms with Gasteiger partial charge >= 0.3 is 0 Å². The predicted octanol–water partition coefficient (Wildman–Crippen LogP) is 4.04. The molecule has 0 N–H and O–H groups in total. The molecule has 17 heavy (non-hydrogen) atoms. The first-order valence-corrected chi connectivity index (χ1v) is 6.73. The second-order valence-corrected chi connectivity index (χ2v) is 5.07. The minimum atomic E-state index is 0.441. The van der Waals surface area contributed by atoms with Gasteiger partial charge in [0.1, 0.15) is 0 Å². The molecule has 0 spiro atoms. The summed E-state index contributed by atoms with van der Waals surface area (Å²) >= 11 is 0. The lowest BCUT2D eigenvalue weighted by Crippen LogP contribution is -2.25. The quantitative estimate of drug-likeness (QED) is 0.666. The minimum Gasteiger partial charge on any atom is -0.296 e. The molecular weight excluding hydrogens is 206 g/mol. The Hall–Kier alpha value is -1.08. The minimum absolute atomic E-state index is 0.441. The van der Waals surface area contributed by atoms with E-state index < -0.39 is 0 Å². The van der Waals surface area contributed by atoms with Crippen molar-refractivity contribution in [1.29, 1.82) is 0 Å². The molecule has 1 aromatic rings. The van der Waals surface area contributed by atoms with Crippen molar-refractivity contribution in [3.63, 3.8) is 0 Å². The fraction of sp³-hybridized carbons (Fsp3) is 0.500. The summed E-state index contributed by atoms with van der Waals surface area (Å²) < 4.78 is 0. The second-order valence-electron chi connectivity index (χ2n) is 5.07. The maximum absolute atomic E-state index is 2.49. The molecule has 0 heterocycles. The zero-order valence-corrected chi connectivity index (χ0v) is 11.0. The summed E-state index contributed by atoms with van der Waals surface area (Å²) in [6.07, 6.45) is 8.58. The average molecular weight is 229 g/mol. The summed E-state index contributed by atoms with van der Waals surface area (Å²) in [5.74, 6) is 0.946. The first-order chi connectivity index (χ1) is 8.31. The van der Waals surface area contributed by atoms with Crippen LogP contribution in [0, 0.1) is 5.92 Å². The van der Waals surface area contributed by atoms with E-state index in [9.17, 15) is 0 Å². The number of hydrogen-bond acceptors (Lipinski definition) is 1. The van der Waals surface area contributed by atoms with E-state index in [-0.39, 0.29) is 0 Å². The standard InChI is InChI=1S/C16H23N/c1-3-4-10-16(15-8-6-5-7-9-15)17(2)13-14-11-12-14/h4-10,14,16H,3,11-13H2,1-2H3/b10-4-/t16-/m0/s1. The van der Waals surface area contributed by atoms with Gasteiger partial charge in [0.15, 0.2) is 0 Å². The molecular formula is C16H23N. The first-order valence-electron chi connectivity index (χ1n) is 6.73. The van der Waals surface area contributed by atoms with Crippen LogP contribution in [-0.4, -0.2) is 18.5 Å². The monoisotopic (exact) mass is 229 g/mol. The molecule has 0 aliphatic heterocycles. The van der Waals surface area contributed by atoms with Crippen LogP contribution in [-0.2, 0) is 0 Å². The third-order valence-electron chi connectivity index (χ3n) is 3.41. The zero-order chi connectivity index (χ0) is 12.1. The van der Waals surface area contributed by atoms with Crippen molar-refractivity contribution >= 4 is 0 Å². The fourth-order valence-electron chi connectivity index (χ4n) is 2.25. The first kappa shape index (κ1) is 12.4. The number of hydrogen-bond donors (Lipinski definition) is 0. The van der Waals surface area contributed by atoms with Gasteiger partial charge in [-0.15, -0.1) is 0 Å². The molecule has 0 radical (unpaired) electrons. The van der Waals surface area contributed by atoms with Crippen molar-refractivity contribution in [2.45, 2.75) is 32.2 Å². The topological polar surface area (TPSA) is 3.24 Å². The van der Waals surface area contributed by atoms with Crippen LogP contribution in [0.2, 0.25) is 0 Å². The van der Waals surface area contributed by atoms with Crippen LogP contribution in [0.5, 0.6) is 0 Å². The lowest BCUT2D eigenvalue weighted by Gasteiger charge is -2.26. The summed E-state index contributed by atoms with van der Waals surface area (Å²) in [4.78, 5) is 2.49. The largest absolute Gasteiger partial charge is 0.296 e. The third-order valence-corrected chi connectivity index (χ3v) is 3.41. The number of benzene rings is 1. The van der Waals surface area contributed by atoms with E-state index in [4.69, 9.17) is 0 Å². The van der Waals surface area contributed by atoms with Gasteiger partial charge in [-0.2, -0.15) is 0 Å². The van der Waals surface area contributed by atoms with Crippen molar-refractivity contribution in [2.24, 2.45) is 5.92 Å². The summed E-state index contributed by atoms with van der Waals surface area (Å²) in [5.41, 5.74) is 1.40. The summed E-state index contributed by atoms with van der Waals surface area (Å²) in [5, 5.41) is 0. The highest BCUT2D eigenvalue weighted by atomic mass is 15.1. The average Bonchev–Trinajstić information content (AvgIpc) is 3.15. The molecule has 0 saturated heterocycles. The van der Waals surface area contributed by atoms with Crippen LogP contribution < -0.4 is 0 Å². The summed E-state index contributed by atoms with van der Waals surface area (Å²) in [6, 6.07) is 11.3. The Labute approximate surface area is 105 Å². The van der Waals surface area contributed by atoms with Crippen molar-refractivity contribution in [3.05, 3.63) is 48.0 Å². The van der Waals surface area contributed by atoms with Gasteiger partial charge in [-0.1, -0.05) is 49.4 Å². The molecule has 1 aromatic carbocycles. The van der Waals surface area contributed by atoms with Crippen LogP contribution in [0.25, 0.3) is 0 Å². The Balaban J connectivity index is 2.08. The van der Waals surface area contributed by atoms with Gasteiger partial charge in [0, 0.05) is 6.54 Å². The highest BCUT2D eigenvalue weighted by molar-refractivity contribution is 5.23. The van der Waals surface area contributed by atoms with Gasteiger partial charge in [-0.05, 0) is 37.8 Å². The molecule has 1 heteroatoms. The molecule has 0 bridgehead atoms. The highest BCUT2D eigenvalue weighted by Crippen LogP contribution is 2.32. The van der Waals surface area contributed by atoms with Crippen molar-refractivity contribution < 1.29 is 0 Å². The van der Waals surface area contributed by atoms with Crippen molar-refractivity contribution in [1.82, 2.24) is 4.90 Å². The van der Waals surface area contributed by atoms with Gasteiger partial charge in [-0.3, -0.25) is 4.90 Å². The van der Waals surface area contributed by atoms with Crippen molar-refractivity contribution in [3.8, 4) is 0 Å². The summed E-state index contributed by atoms with van der Waals surface area (Å²) in [7, 11) is 2.25. The molecule has 0 aromatic heterocycles. The zero-order valence-electron chi connectivity index (χ0n) is 11.0. The molecule has 1 fully saturated rings. The van der Waals surface area contributed by atoms with E-state index in [0.29, 0.717) is 6.04 Å². The number of nitrogens with zero attached hydrogens (tertiary/aromatic N) is 1. The Kier molecular flexibility index (Phi) is 4.38. The molecule has 92 valence electrons. The van der Waals surface area contributed by atoms with E-state index >= 15 is 0 Å². The van der Waals surface area contributed by atoms with Gasteiger partial charge in [0.2, 0.25) is 0 Å². The highest BCUT2D eigenvalue weighted by Gasteiger charge is 2.25. The van der Waals surface area contributed by atoms with E-state index in [1.165, 1.54) is 24.9 Å². The summed E-state index contributed by atoms with van der Waals surface area (Å²) in [6.45, 7) is 3.42. The van der Waals surface area contributed by atoms with Gasteiger partial charge in [0.25, 0.3) is 0 Å². The fourth-order valence-corrected chi connectivity index (χ4v) is 2.25. The lowest BCUT2D eigenvalue weighted by molar-refractivity contribution is 0.274. The van der Waals surface area contributed by atoms with Gasteiger partial charge in [-0.25, -0.2) is 0 Å². The molecule has 1 atom stereocenters. The predicted molar refractivity (Wildman–Crippen MR) is 74.0 cm³/mol. The van der Waals surface area contributed by atoms with E-state index in [1.54, 1.807) is 0 Å². The van der Waals surface area contributed by atoms with Crippen LogP contribution in [0.3, 0.4) is 0 Å². The van der Waals surface area contributed by atoms with Crippen LogP contribution in [0.4, 0.5) is 0 Å². The molecule has 1 aliphatic carbocycles. The van der Waals surface area contributed by atoms with Gasteiger partial charge in [0.05, 0.1) is 6.04 Å². The smallest absolute Gasteiger partial charge is 0.0528 e. The van der Waals surface area contributed by atoms with Crippen LogP contribution in [0.1, 0.15) is 37.8 Å². The molecule has 1 nitrogen and oxygen atoms in total. The Morgan fingerprint density at radius 1 is 1.29 bits per heavy atom. The molecule has 1 aliphatic rings. The molecule has 1 saturated carbocycles. The van der Waals surface area contributed by atoms with E-state index in [1.807, 2.05) is 0 Å². The molecule has 0 unspecified atom stereocenters. The van der Waals surface area contributed by atoms with Crippen LogP contribution in [0.15, 0.2) is 42.5 Å². The third kappa shape index (κ3) is 3.71. The second kappa shape index (κ2) is 6.02. The van der Waals surface area contributed by atoms with E-state index in [0.717, 1.165) is 12.3 Å². The number of rotatable bonds is 6. The molecule has 2 rings (SSSR count). The molecule has 0 amide bonds. The number of allylic oxidation sites excluding steroid dienone is 1. The van der Waals surface area contributed by atoms with Crippen molar-refractivity contribution in [2.75, 3.05) is 13.6 Å². The number of likely N-dealkylation sites (N-methyl/N-ethyl adjacent to an activating group) is 1. The van der Waals surface area contributed by atoms with Crippen LogP contribution >= 0.6 is 0 Å². The lowest BCUT2D eigenvalue weighted by atomic mass is 10.0. The maximum atomic E-state index is 2.49. The van der Waals surface area contributed by atoms with Gasteiger partial charge < -0.3 is 0 Å². The Bertz CT molecular complexity index is 351. The SMILES string of the molecule is CC/C=C\[C@@H](c1ccccc1)N(C)CC1CC1.